The normalized spacial score (nSPS) is 11.3. The molecule has 0 N–H and O–H groups in total. The van der Waals surface area contributed by atoms with Crippen molar-refractivity contribution in [1.82, 2.24) is 9.55 Å². The fourth-order valence-electron chi connectivity index (χ4n) is 3.62. The highest BCUT2D eigenvalue weighted by Crippen LogP contribution is 2.25. The monoisotopic (exact) mass is 430 g/mol. The van der Waals surface area contributed by atoms with Crippen molar-refractivity contribution in [3.8, 4) is 16.5 Å². The Labute approximate surface area is 181 Å². The van der Waals surface area contributed by atoms with Crippen molar-refractivity contribution in [2.75, 3.05) is 7.11 Å². The predicted octanol–water partition coefficient (Wildman–Crippen LogP) is 4.48. The topological polar surface area (TPSA) is 74.3 Å². The highest BCUT2D eigenvalue weighted by atomic mass is 32.1. The van der Waals surface area contributed by atoms with Gasteiger partial charge in [-0.2, -0.15) is 4.98 Å². The van der Waals surface area contributed by atoms with Crippen LogP contribution in [0.3, 0.4) is 0 Å². The second kappa shape index (κ2) is 7.85. The van der Waals surface area contributed by atoms with Crippen molar-refractivity contribution < 1.29 is 9.15 Å². The van der Waals surface area contributed by atoms with E-state index in [4.69, 9.17) is 9.15 Å². The van der Waals surface area contributed by atoms with E-state index in [0.717, 1.165) is 16.2 Å². The Hall–Kier alpha value is -3.71. The molecule has 0 spiro atoms. The van der Waals surface area contributed by atoms with Crippen LogP contribution in [0.5, 0.6) is 5.75 Å². The zero-order valence-corrected chi connectivity index (χ0v) is 17.5. The summed E-state index contributed by atoms with van der Waals surface area (Å²) in [5, 5.41) is 2.28. The highest BCUT2D eigenvalue weighted by molar-refractivity contribution is 7.13. The van der Waals surface area contributed by atoms with E-state index in [9.17, 15) is 9.59 Å². The van der Waals surface area contributed by atoms with Crippen molar-refractivity contribution in [2.24, 2.45) is 0 Å². The van der Waals surface area contributed by atoms with Gasteiger partial charge in [0.2, 0.25) is 11.1 Å². The summed E-state index contributed by atoms with van der Waals surface area (Å²) in [6.45, 7) is 0.383. The van der Waals surface area contributed by atoms with E-state index in [1.54, 1.807) is 35.9 Å². The average Bonchev–Trinajstić information content (AvgIpc) is 3.33. The highest BCUT2D eigenvalue weighted by Gasteiger charge is 2.19. The minimum Gasteiger partial charge on any atom is -0.497 e. The summed E-state index contributed by atoms with van der Waals surface area (Å²) >= 11 is 1.48. The molecule has 0 unspecified atom stereocenters. The third kappa shape index (κ3) is 3.43. The van der Waals surface area contributed by atoms with Gasteiger partial charge in [-0.15, -0.1) is 11.3 Å². The van der Waals surface area contributed by atoms with Gasteiger partial charge in [0.15, 0.2) is 11.2 Å². The molecule has 5 rings (SSSR count). The van der Waals surface area contributed by atoms with E-state index in [-0.39, 0.29) is 22.1 Å². The van der Waals surface area contributed by atoms with Gasteiger partial charge in [-0.25, -0.2) is 0 Å². The first-order valence-corrected chi connectivity index (χ1v) is 10.7. The minimum absolute atomic E-state index is 0.0197. The van der Waals surface area contributed by atoms with Gasteiger partial charge >= 0.3 is 0 Å². The first-order valence-electron chi connectivity index (χ1n) is 9.79. The first kappa shape index (κ1) is 19.3. The maximum Gasteiger partial charge on any atom is 0.269 e. The number of rotatable bonds is 5. The molecule has 0 fully saturated rings. The Morgan fingerprint density at radius 1 is 1.03 bits per heavy atom. The standard InChI is InChI=1S/C24H18N2O4S/c1-29-16-10-8-15(9-11-16)12-13-26-22(19-7-4-14-31-19)25-23-20(24(26)28)21(27)17-5-2-3-6-18(17)30-23/h2-11,14H,12-13H2,1H3. The Bertz CT molecular complexity index is 1500. The molecular weight excluding hydrogens is 412 g/mol. The molecule has 0 aliphatic rings. The summed E-state index contributed by atoms with van der Waals surface area (Å²) in [5.41, 5.74) is 0.792. The van der Waals surface area contributed by atoms with Crippen LogP contribution in [0.4, 0.5) is 0 Å². The summed E-state index contributed by atoms with van der Waals surface area (Å²) in [7, 11) is 1.62. The van der Waals surface area contributed by atoms with Crippen molar-refractivity contribution >= 4 is 33.4 Å². The van der Waals surface area contributed by atoms with Gasteiger partial charge in [0, 0.05) is 6.54 Å². The Morgan fingerprint density at radius 3 is 2.58 bits per heavy atom. The predicted molar refractivity (Wildman–Crippen MR) is 122 cm³/mol. The lowest BCUT2D eigenvalue weighted by Crippen LogP contribution is -2.28. The van der Waals surface area contributed by atoms with Gasteiger partial charge < -0.3 is 9.15 Å². The molecule has 0 aliphatic heterocycles. The number of aryl methyl sites for hydroxylation is 1. The number of benzene rings is 2. The SMILES string of the molecule is COc1ccc(CCn2c(-c3cccs3)nc3oc4ccccc4c(=O)c3c2=O)cc1. The van der Waals surface area contributed by atoms with Gasteiger partial charge in [0.1, 0.15) is 11.3 Å². The third-order valence-electron chi connectivity index (χ3n) is 5.23. The quantitative estimate of drug-likeness (QED) is 0.384. The summed E-state index contributed by atoms with van der Waals surface area (Å²) < 4.78 is 12.6. The molecule has 31 heavy (non-hydrogen) atoms. The molecule has 0 amide bonds. The van der Waals surface area contributed by atoms with Crippen LogP contribution in [0.15, 0.2) is 80.0 Å². The molecule has 3 heterocycles. The number of hydrogen-bond donors (Lipinski definition) is 0. The summed E-state index contributed by atoms with van der Waals surface area (Å²) in [4.78, 5) is 32.0. The molecule has 0 atom stereocenters. The molecule has 5 aromatic rings. The minimum atomic E-state index is -0.388. The fraction of sp³-hybridized carbons (Fsp3) is 0.125. The molecule has 0 bridgehead atoms. The lowest BCUT2D eigenvalue weighted by atomic mass is 10.1. The lowest BCUT2D eigenvalue weighted by molar-refractivity contribution is 0.414. The van der Waals surface area contributed by atoms with Gasteiger partial charge in [0.05, 0.1) is 17.4 Å². The van der Waals surface area contributed by atoms with Crippen molar-refractivity contribution in [3.63, 3.8) is 0 Å². The van der Waals surface area contributed by atoms with Crippen LogP contribution in [0.25, 0.3) is 32.8 Å². The molecular formula is C24H18N2O4S. The molecule has 0 radical (unpaired) electrons. The van der Waals surface area contributed by atoms with Crippen LogP contribution < -0.4 is 15.7 Å². The summed E-state index contributed by atoms with van der Waals surface area (Å²) in [6.07, 6.45) is 0.606. The molecule has 154 valence electrons. The Kier molecular flexibility index (Phi) is 4.88. The smallest absolute Gasteiger partial charge is 0.269 e. The van der Waals surface area contributed by atoms with Crippen molar-refractivity contribution in [1.29, 1.82) is 0 Å². The van der Waals surface area contributed by atoms with Crippen LogP contribution in [0.2, 0.25) is 0 Å². The van der Waals surface area contributed by atoms with E-state index in [1.807, 2.05) is 41.8 Å². The maximum absolute atomic E-state index is 13.5. The molecule has 6 nitrogen and oxygen atoms in total. The largest absolute Gasteiger partial charge is 0.497 e. The van der Waals surface area contributed by atoms with Crippen LogP contribution >= 0.6 is 11.3 Å². The first-order chi connectivity index (χ1) is 15.2. The molecule has 2 aromatic carbocycles. The van der Waals surface area contributed by atoms with Crippen LogP contribution in [-0.2, 0) is 13.0 Å². The van der Waals surface area contributed by atoms with E-state index in [1.165, 1.54) is 11.3 Å². The number of methoxy groups -OCH3 is 1. The second-order valence-electron chi connectivity index (χ2n) is 7.08. The van der Waals surface area contributed by atoms with E-state index in [0.29, 0.717) is 29.8 Å². The average molecular weight is 430 g/mol. The fourth-order valence-corrected chi connectivity index (χ4v) is 4.34. The number of aromatic nitrogens is 2. The van der Waals surface area contributed by atoms with Crippen LogP contribution in [0.1, 0.15) is 5.56 Å². The van der Waals surface area contributed by atoms with Crippen molar-refractivity contribution in [2.45, 2.75) is 13.0 Å². The molecule has 0 saturated heterocycles. The molecule has 7 heteroatoms. The Balaban J connectivity index is 1.69. The zero-order valence-electron chi connectivity index (χ0n) is 16.7. The second-order valence-corrected chi connectivity index (χ2v) is 8.02. The molecule has 0 saturated carbocycles. The summed E-state index contributed by atoms with van der Waals surface area (Å²) in [5.74, 6) is 1.27. The number of nitrogens with zero attached hydrogens (tertiary/aromatic N) is 2. The van der Waals surface area contributed by atoms with Gasteiger partial charge in [0.25, 0.3) is 5.56 Å². The lowest BCUT2D eigenvalue weighted by Gasteiger charge is -2.12. The van der Waals surface area contributed by atoms with E-state index < -0.39 is 0 Å². The Morgan fingerprint density at radius 2 is 1.84 bits per heavy atom. The number of hydrogen-bond acceptors (Lipinski definition) is 6. The van der Waals surface area contributed by atoms with E-state index >= 15 is 0 Å². The number of thiophene rings is 1. The molecule has 0 aliphatic carbocycles. The van der Waals surface area contributed by atoms with Crippen LogP contribution in [0, 0.1) is 0 Å². The number of para-hydroxylation sites is 1. The van der Waals surface area contributed by atoms with Gasteiger partial charge in [-0.1, -0.05) is 30.3 Å². The van der Waals surface area contributed by atoms with E-state index in [2.05, 4.69) is 4.98 Å². The van der Waals surface area contributed by atoms with Gasteiger partial charge in [-0.3, -0.25) is 14.2 Å². The van der Waals surface area contributed by atoms with Gasteiger partial charge in [-0.05, 0) is 47.7 Å². The third-order valence-corrected chi connectivity index (χ3v) is 6.09. The number of ether oxygens (including phenoxy) is 1. The molecule has 3 aromatic heterocycles. The van der Waals surface area contributed by atoms with Crippen molar-refractivity contribution in [3.05, 3.63) is 92.2 Å². The maximum atomic E-state index is 13.5. The summed E-state index contributed by atoms with van der Waals surface area (Å²) in [6, 6.07) is 18.4. The zero-order chi connectivity index (χ0) is 21.4. The van der Waals surface area contributed by atoms with Crippen LogP contribution in [-0.4, -0.2) is 16.7 Å². The number of fused-ring (bicyclic) bond motifs is 2.